The van der Waals surface area contributed by atoms with Crippen LogP contribution in [0.25, 0.3) is 0 Å². The van der Waals surface area contributed by atoms with Crippen LogP contribution in [0.5, 0.6) is 0 Å². The molecule has 20 heavy (non-hydrogen) atoms. The third-order valence-electron chi connectivity index (χ3n) is 3.59. The number of thiocarbonyl (C=S) groups is 1. The minimum Gasteiger partial charge on any atom is -0.371 e. The normalized spacial score (nSPS) is 25.4. The molecular formula is C15H21FN2OS. The molecule has 5 heteroatoms. The molecule has 0 aliphatic carbocycles. The van der Waals surface area contributed by atoms with Crippen molar-refractivity contribution >= 4 is 17.3 Å². The first-order chi connectivity index (χ1) is 9.20. The highest BCUT2D eigenvalue weighted by Gasteiger charge is 2.42. The summed E-state index contributed by atoms with van der Waals surface area (Å²) >= 11 is 5.36. The summed E-state index contributed by atoms with van der Waals surface area (Å²) in [7, 11) is 0. The van der Waals surface area contributed by atoms with Crippen molar-refractivity contribution in [3.8, 4) is 0 Å². The molecule has 1 aromatic carbocycles. The van der Waals surface area contributed by atoms with Crippen LogP contribution in [0.2, 0.25) is 0 Å². The topological polar surface area (TPSA) is 35.5 Å². The Labute approximate surface area is 124 Å². The Kier molecular flexibility index (Phi) is 4.02. The summed E-state index contributed by atoms with van der Waals surface area (Å²) in [5, 5.41) is 14.4. The van der Waals surface area contributed by atoms with Gasteiger partial charge in [0.05, 0.1) is 0 Å². The molecule has 1 aliphatic heterocycles. The Morgan fingerprint density at radius 3 is 2.45 bits per heavy atom. The molecule has 1 aliphatic rings. The van der Waals surface area contributed by atoms with E-state index in [-0.39, 0.29) is 11.4 Å². The summed E-state index contributed by atoms with van der Waals surface area (Å²) in [6, 6.07) is 6.41. The second-order valence-corrected chi connectivity index (χ2v) is 6.62. The van der Waals surface area contributed by atoms with Crippen LogP contribution >= 0.6 is 12.2 Å². The van der Waals surface area contributed by atoms with E-state index in [4.69, 9.17) is 12.2 Å². The average molecular weight is 296 g/mol. The lowest BCUT2D eigenvalue weighted by Crippen LogP contribution is -2.66. The summed E-state index contributed by atoms with van der Waals surface area (Å²) in [6.45, 7) is 6.42. The molecule has 0 spiro atoms. The third kappa shape index (κ3) is 3.46. The Balaban J connectivity index is 2.05. The van der Waals surface area contributed by atoms with Crippen LogP contribution in [0.3, 0.4) is 0 Å². The maximum absolute atomic E-state index is 12.9. The van der Waals surface area contributed by atoms with Gasteiger partial charge in [-0.15, -0.1) is 0 Å². The maximum atomic E-state index is 12.9. The smallest absolute Gasteiger partial charge is 0.171 e. The zero-order valence-electron chi connectivity index (χ0n) is 12.1. The van der Waals surface area contributed by atoms with Crippen LogP contribution in [-0.2, 0) is 6.42 Å². The van der Waals surface area contributed by atoms with Gasteiger partial charge in [-0.1, -0.05) is 12.1 Å². The van der Waals surface area contributed by atoms with Crippen LogP contribution in [0.1, 0.15) is 32.8 Å². The number of hydrogen-bond donors (Lipinski definition) is 2. The van der Waals surface area contributed by atoms with Crippen molar-refractivity contribution in [2.24, 2.45) is 0 Å². The first-order valence-corrected chi connectivity index (χ1v) is 7.17. The van der Waals surface area contributed by atoms with Gasteiger partial charge in [0, 0.05) is 18.5 Å². The Bertz CT molecular complexity index is 499. The zero-order chi connectivity index (χ0) is 15.0. The molecule has 0 amide bonds. The van der Waals surface area contributed by atoms with Gasteiger partial charge in [0.1, 0.15) is 11.5 Å². The van der Waals surface area contributed by atoms with E-state index in [1.807, 2.05) is 13.8 Å². The fraction of sp³-hybridized carbons (Fsp3) is 0.533. The monoisotopic (exact) mass is 296 g/mol. The molecule has 3 nitrogen and oxygen atoms in total. The fourth-order valence-electron chi connectivity index (χ4n) is 2.79. The van der Waals surface area contributed by atoms with E-state index >= 15 is 0 Å². The molecule has 0 saturated carbocycles. The van der Waals surface area contributed by atoms with Crippen molar-refractivity contribution in [2.75, 3.05) is 6.54 Å². The molecule has 2 rings (SSSR count). The van der Waals surface area contributed by atoms with Crippen LogP contribution in [0.4, 0.5) is 4.39 Å². The number of rotatable bonds is 3. The lowest BCUT2D eigenvalue weighted by molar-refractivity contribution is -0.0876. The SMILES string of the molecule is CC1(C)CC(C)(O)N(CCc2ccc(F)cc2)C(=S)N1. The van der Waals surface area contributed by atoms with Gasteiger partial charge in [0.15, 0.2) is 5.11 Å². The van der Waals surface area contributed by atoms with Gasteiger partial charge in [-0.05, 0) is 57.1 Å². The number of benzene rings is 1. The van der Waals surface area contributed by atoms with Crippen molar-refractivity contribution in [3.05, 3.63) is 35.6 Å². The third-order valence-corrected chi connectivity index (χ3v) is 3.91. The van der Waals surface area contributed by atoms with Crippen LogP contribution in [0.15, 0.2) is 24.3 Å². The van der Waals surface area contributed by atoms with E-state index < -0.39 is 5.72 Å². The number of aliphatic hydroxyl groups is 1. The van der Waals surface area contributed by atoms with Gasteiger partial charge in [-0.3, -0.25) is 0 Å². The van der Waals surface area contributed by atoms with E-state index in [1.54, 1.807) is 24.0 Å². The van der Waals surface area contributed by atoms with Gasteiger partial charge in [-0.2, -0.15) is 0 Å². The molecule has 110 valence electrons. The second-order valence-electron chi connectivity index (χ2n) is 6.24. The number of nitrogens with zero attached hydrogens (tertiary/aromatic N) is 1. The zero-order valence-corrected chi connectivity index (χ0v) is 12.9. The fourth-order valence-corrected chi connectivity index (χ4v) is 3.35. The molecule has 0 bridgehead atoms. The van der Waals surface area contributed by atoms with E-state index in [0.717, 1.165) is 5.56 Å². The highest BCUT2D eigenvalue weighted by Crippen LogP contribution is 2.29. The van der Waals surface area contributed by atoms with Crippen LogP contribution in [0, 0.1) is 5.82 Å². The maximum Gasteiger partial charge on any atom is 0.171 e. The predicted octanol–water partition coefficient (Wildman–Crippen LogP) is 2.44. The van der Waals surface area contributed by atoms with Crippen LogP contribution < -0.4 is 5.32 Å². The van der Waals surface area contributed by atoms with Crippen molar-refractivity contribution in [1.82, 2.24) is 10.2 Å². The lowest BCUT2D eigenvalue weighted by atomic mass is 9.90. The lowest BCUT2D eigenvalue weighted by Gasteiger charge is -2.49. The number of halogens is 1. The van der Waals surface area contributed by atoms with E-state index in [0.29, 0.717) is 24.5 Å². The quantitative estimate of drug-likeness (QED) is 0.840. The van der Waals surface area contributed by atoms with Crippen molar-refractivity contribution < 1.29 is 9.50 Å². The molecule has 1 saturated heterocycles. The predicted molar refractivity (Wildman–Crippen MR) is 81.9 cm³/mol. The second kappa shape index (κ2) is 5.30. The van der Waals surface area contributed by atoms with Gasteiger partial charge in [0.25, 0.3) is 0 Å². The largest absolute Gasteiger partial charge is 0.371 e. The molecule has 1 heterocycles. The van der Waals surface area contributed by atoms with Gasteiger partial charge < -0.3 is 15.3 Å². The summed E-state index contributed by atoms with van der Waals surface area (Å²) < 4.78 is 12.9. The number of hydrogen-bond acceptors (Lipinski definition) is 2. The molecule has 1 unspecified atom stereocenters. The molecule has 2 N–H and O–H groups in total. The van der Waals surface area contributed by atoms with Gasteiger partial charge in [0.2, 0.25) is 0 Å². The standard InChI is InChI=1S/C15H21FN2OS/c1-14(2)10-15(3,19)18(13(20)17-14)9-8-11-4-6-12(16)7-5-11/h4-7,19H,8-10H2,1-3H3,(H,17,20). The van der Waals surface area contributed by atoms with E-state index in [9.17, 15) is 9.50 Å². The minimum absolute atomic E-state index is 0.215. The summed E-state index contributed by atoms with van der Waals surface area (Å²) in [5.41, 5.74) is -0.159. The first kappa shape index (κ1) is 15.2. The summed E-state index contributed by atoms with van der Waals surface area (Å²) in [4.78, 5) is 1.80. The Morgan fingerprint density at radius 2 is 1.90 bits per heavy atom. The summed E-state index contributed by atoms with van der Waals surface area (Å²) in [5.74, 6) is -0.238. The number of nitrogens with one attached hydrogen (secondary N) is 1. The molecule has 1 aromatic rings. The molecule has 0 aromatic heterocycles. The van der Waals surface area contributed by atoms with Crippen LogP contribution in [-0.4, -0.2) is 32.9 Å². The molecular weight excluding hydrogens is 275 g/mol. The van der Waals surface area contributed by atoms with Crippen molar-refractivity contribution in [2.45, 2.75) is 44.9 Å². The Hall–Kier alpha value is -1.20. The average Bonchev–Trinajstić information content (AvgIpc) is 2.27. The molecule has 1 fully saturated rings. The van der Waals surface area contributed by atoms with Crippen molar-refractivity contribution in [3.63, 3.8) is 0 Å². The summed E-state index contributed by atoms with van der Waals surface area (Å²) in [6.07, 6.45) is 1.29. The Morgan fingerprint density at radius 1 is 1.30 bits per heavy atom. The highest BCUT2D eigenvalue weighted by atomic mass is 32.1. The van der Waals surface area contributed by atoms with Gasteiger partial charge >= 0.3 is 0 Å². The first-order valence-electron chi connectivity index (χ1n) is 6.76. The highest BCUT2D eigenvalue weighted by molar-refractivity contribution is 7.80. The van der Waals surface area contributed by atoms with E-state index in [1.165, 1.54) is 12.1 Å². The molecule has 0 radical (unpaired) electrons. The molecule has 1 atom stereocenters. The minimum atomic E-state index is -0.966. The van der Waals surface area contributed by atoms with E-state index in [2.05, 4.69) is 5.32 Å². The van der Waals surface area contributed by atoms with Gasteiger partial charge in [-0.25, -0.2) is 4.39 Å². The van der Waals surface area contributed by atoms with Crippen molar-refractivity contribution in [1.29, 1.82) is 0 Å².